The number of aromatic nitrogens is 1. The molecule has 2 aromatic rings. The third-order valence-electron chi connectivity index (χ3n) is 2.23. The van der Waals surface area contributed by atoms with E-state index in [-0.39, 0.29) is 5.75 Å². The van der Waals surface area contributed by atoms with Gasteiger partial charge in [0.25, 0.3) is 0 Å². The summed E-state index contributed by atoms with van der Waals surface area (Å²) in [5, 5.41) is 3.96. The number of benzene rings is 1. The summed E-state index contributed by atoms with van der Waals surface area (Å²) in [7, 11) is 1.43. The van der Waals surface area contributed by atoms with E-state index in [9.17, 15) is 4.39 Å². The van der Waals surface area contributed by atoms with Gasteiger partial charge in [-0.15, -0.1) is 0 Å². The summed E-state index contributed by atoms with van der Waals surface area (Å²) >= 11 is 0. The first kappa shape index (κ1) is 12.0. The van der Waals surface area contributed by atoms with Crippen LogP contribution in [0.2, 0.25) is 0 Å². The molecular formula is C13H12FN3O. The lowest BCUT2D eigenvalue weighted by Crippen LogP contribution is -1.94. The molecule has 5 heteroatoms. The van der Waals surface area contributed by atoms with Crippen molar-refractivity contribution < 1.29 is 9.13 Å². The number of hydrogen-bond acceptors (Lipinski definition) is 4. The standard InChI is InChI=1S/C13H12FN3O/c1-18-12-6-5-10(8-11(12)14)9-16-17-13-4-2-3-7-15-13/h2-9H,1H3,(H,15,17)/b16-9-. The number of anilines is 1. The van der Waals surface area contributed by atoms with E-state index in [1.165, 1.54) is 19.4 Å². The van der Waals surface area contributed by atoms with Gasteiger partial charge < -0.3 is 4.74 Å². The molecule has 0 unspecified atom stereocenters. The summed E-state index contributed by atoms with van der Waals surface area (Å²) in [5.74, 6) is 0.423. The molecule has 0 saturated heterocycles. The second kappa shape index (κ2) is 5.77. The van der Waals surface area contributed by atoms with Gasteiger partial charge in [-0.05, 0) is 35.9 Å². The summed E-state index contributed by atoms with van der Waals surface area (Å²) in [5.41, 5.74) is 3.38. The summed E-state index contributed by atoms with van der Waals surface area (Å²) in [6.07, 6.45) is 3.17. The molecule has 18 heavy (non-hydrogen) atoms. The predicted octanol–water partition coefficient (Wildman–Crippen LogP) is 2.68. The highest BCUT2D eigenvalue weighted by Crippen LogP contribution is 2.16. The number of halogens is 1. The average Bonchev–Trinajstić information content (AvgIpc) is 2.40. The van der Waals surface area contributed by atoms with E-state index in [0.29, 0.717) is 11.4 Å². The number of hydrazone groups is 1. The van der Waals surface area contributed by atoms with E-state index in [1.54, 1.807) is 24.4 Å². The Labute approximate surface area is 104 Å². The number of ether oxygens (including phenoxy) is 1. The lowest BCUT2D eigenvalue weighted by atomic mass is 10.2. The monoisotopic (exact) mass is 245 g/mol. The SMILES string of the molecule is COc1ccc(/C=N\Nc2ccccn2)cc1F. The van der Waals surface area contributed by atoms with Crippen molar-refractivity contribution in [1.29, 1.82) is 0 Å². The Morgan fingerprint density at radius 2 is 2.22 bits per heavy atom. The number of nitrogens with one attached hydrogen (secondary N) is 1. The number of nitrogens with zero attached hydrogens (tertiary/aromatic N) is 2. The van der Waals surface area contributed by atoms with Gasteiger partial charge in [-0.1, -0.05) is 6.07 Å². The van der Waals surface area contributed by atoms with Crippen LogP contribution in [-0.4, -0.2) is 18.3 Å². The Morgan fingerprint density at radius 1 is 1.33 bits per heavy atom. The fourth-order valence-electron chi connectivity index (χ4n) is 1.36. The van der Waals surface area contributed by atoms with Crippen LogP contribution in [0.25, 0.3) is 0 Å². The topological polar surface area (TPSA) is 46.5 Å². The van der Waals surface area contributed by atoms with Crippen molar-refractivity contribution in [2.24, 2.45) is 5.10 Å². The summed E-state index contributed by atoms with van der Waals surface area (Å²) in [6, 6.07) is 10.1. The van der Waals surface area contributed by atoms with E-state index in [1.807, 2.05) is 12.1 Å². The first-order valence-electron chi connectivity index (χ1n) is 5.33. The fourth-order valence-corrected chi connectivity index (χ4v) is 1.36. The highest BCUT2D eigenvalue weighted by molar-refractivity contribution is 5.80. The molecule has 0 radical (unpaired) electrons. The van der Waals surface area contributed by atoms with Crippen LogP contribution in [0.4, 0.5) is 10.2 Å². The first-order chi connectivity index (χ1) is 8.79. The van der Waals surface area contributed by atoms with Crippen molar-refractivity contribution in [2.75, 3.05) is 12.5 Å². The zero-order valence-electron chi connectivity index (χ0n) is 9.80. The van der Waals surface area contributed by atoms with Gasteiger partial charge in [0.2, 0.25) is 0 Å². The molecule has 0 atom stereocenters. The molecular weight excluding hydrogens is 233 g/mol. The highest BCUT2D eigenvalue weighted by atomic mass is 19.1. The lowest BCUT2D eigenvalue weighted by Gasteiger charge is -2.02. The number of methoxy groups -OCH3 is 1. The van der Waals surface area contributed by atoms with Gasteiger partial charge in [0, 0.05) is 6.20 Å². The number of pyridine rings is 1. The third-order valence-corrected chi connectivity index (χ3v) is 2.23. The molecule has 4 nitrogen and oxygen atoms in total. The fraction of sp³-hybridized carbons (Fsp3) is 0.0769. The number of rotatable bonds is 4. The van der Waals surface area contributed by atoms with Gasteiger partial charge >= 0.3 is 0 Å². The maximum Gasteiger partial charge on any atom is 0.165 e. The summed E-state index contributed by atoms with van der Waals surface area (Å²) < 4.78 is 18.2. The largest absolute Gasteiger partial charge is 0.494 e. The van der Waals surface area contributed by atoms with Crippen molar-refractivity contribution in [1.82, 2.24) is 4.98 Å². The van der Waals surface area contributed by atoms with Gasteiger partial charge in [-0.3, -0.25) is 5.43 Å². The van der Waals surface area contributed by atoms with Crippen molar-refractivity contribution >= 4 is 12.0 Å². The maximum atomic E-state index is 13.4. The van der Waals surface area contributed by atoms with Crippen molar-refractivity contribution in [2.45, 2.75) is 0 Å². The van der Waals surface area contributed by atoms with E-state index < -0.39 is 5.82 Å². The molecule has 0 fully saturated rings. The zero-order chi connectivity index (χ0) is 12.8. The molecule has 1 aromatic carbocycles. The number of hydrogen-bond donors (Lipinski definition) is 1. The Balaban J connectivity index is 2.03. The molecule has 0 aliphatic heterocycles. The normalized spacial score (nSPS) is 10.6. The van der Waals surface area contributed by atoms with Gasteiger partial charge in [-0.2, -0.15) is 5.10 Å². The van der Waals surface area contributed by atoms with Crippen molar-refractivity contribution in [3.8, 4) is 5.75 Å². The average molecular weight is 245 g/mol. The minimum atomic E-state index is -0.417. The maximum absolute atomic E-state index is 13.4. The second-order valence-corrected chi connectivity index (χ2v) is 3.48. The van der Waals surface area contributed by atoms with Gasteiger partial charge in [0.1, 0.15) is 5.82 Å². The predicted molar refractivity (Wildman–Crippen MR) is 68.4 cm³/mol. The van der Waals surface area contributed by atoms with Gasteiger partial charge in [0.05, 0.1) is 13.3 Å². The van der Waals surface area contributed by atoms with E-state index in [0.717, 1.165) is 0 Å². The molecule has 0 amide bonds. The van der Waals surface area contributed by atoms with Crippen molar-refractivity contribution in [3.05, 3.63) is 54.0 Å². The van der Waals surface area contributed by atoms with Crippen LogP contribution in [0.1, 0.15) is 5.56 Å². The van der Waals surface area contributed by atoms with Gasteiger partial charge in [-0.25, -0.2) is 9.37 Å². The Bertz CT molecular complexity index is 543. The van der Waals surface area contributed by atoms with Crippen LogP contribution in [0.3, 0.4) is 0 Å². The molecule has 1 N–H and O–H groups in total. The molecule has 2 rings (SSSR count). The van der Waals surface area contributed by atoms with Crippen LogP contribution < -0.4 is 10.2 Å². The minimum Gasteiger partial charge on any atom is -0.494 e. The minimum absolute atomic E-state index is 0.213. The molecule has 0 spiro atoms. The third kappa shape index (κ3) is 3.04. The summed E-state index contributed by atoms with van der Waals surface area (Å²) in [4.78, 5) is 4.04. The highest BCUT2D eigenvalue weighted by Gasteiger charge is 2.01. The zero-order valence-corrected chi connectivity index (χ0v) is 9.80. The summed E-state index contributed by atoms with van der Waals surface area (Å²) in [6.45, 7) is 0. The smallest absolute Gasteiger partial charge is 0.165 e. The molecule has 92 valence electrons. The van der Waals surface area contributed by atoms with Crippen LogP contribution in [0.15, 0.2) is 47.7 Å². The first-order valence-corrected chi connectivity index (χ1v) is 5.33. The molecule has 0 aliphatic carbocycles. The molecule has 0 aliphatic rings. The molecule has 0 bridgehead atoms. The Hall–Kier alpha value is -2.43. The van der Waals surface area contributed by atoms with E-state index in [2.05, 4.69) is 15.5 Å². The Morgan fingerprint density at radius 3 is 2.89 bits per heavy atom. The van der Waals surface area contributed by atoms with E-state index >= 15 is 0 Å². The molecule has 1 heterocycles. The van der Waals surface area contributed by atoms with Crippen LogP contribution in [0.5, 0.6) is 5.75 Å². The van der Waals surface area contributed by atoms with Gasteiger partial charge in [0.15, 0.2) is 11.6 Å². The molecule has 1 aromatic heterocycles. The van der Waals surface area contributed by atoms with Crippen molar-refractivity contribution in [3.63, 3.8) is 0 Å². The van der Waals surface area contributed by atoms with Crippen LogP contribution >= 0.6 is 0 Å². The second-order valence-electron chi connectivity index (χ2n) is 3.48. The van der Waals surface area contributed by atoms with Crippen LogP contribution in [0, 0.1) is 5.82 Å². The Kier molecular flexibility index (Phi) is 3.86. The molecule has 0 saturated carbocycles. The lowest BCUT2D eigenvalue weighted by molar-refractivity contribution is 0.386. The van der Waals surface area contributed by atoms with Crippen LogP contribution in [-0.2, 0) is 0 Å². The van der Waals surface area contributed by atoms with E-state index in [4.69, 9.17) is 4.74 Å². The quantitative estimate of drug-likeness (QED) is 0.665.